The second kappa shape index (κ2) is 8.86. The van der Waals surface area contributed by atoms with E-state index < -0.39 is 0 Å². The van der Waals surface area contributed by atoms with Crippen LogP contribution >= 0.6 is 0 Å². The van der Waals surface area contributed by atoms with Crippen LogP contribution in [0.5, 0.6) is 0 Å². The summed E-state index contributed by atoms with van der Waals surface area (Å²) in [6.07, 6.45) is 4.78. The van der Waals surface area contributed by atoms with E-state index >= 15 is 0 Å². The Morgan fingerprint density at radius 2 is 2.22 bits per heavy atom. The predicted octanol–water partition coefficient (Wildman–Crippen LogP) is 1.09. The molecule has 4 heteroatoms. The molecule has 0 aromatic carbocycles. The molecule has 0 heterocycles. The Labute approximate surface area is 112 Å². The molecule has 1 rings (SSSR count). The number of hydrogen-bond donors (Lipinski definition) is 2. The quantitative estimate of drug-likeness (QED) is 0.650. The van der Waals surface area contributed by atoms with Crippen molar-refractivity contribution in [3.63, 3.8) is 0 Å². The van der Waals surface area contributed by atoms with E-state index in [1.165, 1.54) is 25.7 Å². The largest absolute Gasteiger partial charge is 0.389 e. The predicted molar refractivity (Wildman–Crippen MR) is 74.8 cm³/mol. The summed E-state index contributed by atoms with van der Waals surface area (Å²) < 4.78 is 4.96. The SMILES string of the molecule is CCCNC1CCCC1CN(C)CC(O)COC. The molecule has 0 aromatic heterocycles. The number of nitrogens with zero attached hydrogens (tertiary/aromatic N) is 1. The van der Waals surface area contributed by atoms with Crippen LogP contribution in [-0.2, 0) is 4.74 Å². The van der Waals surface area contributed by atoms with Gasteiger partial charge in [-0.05, 0) is 38.8 Å². The molecule has 3 unspecified atom stereocenters. The van der Waals surface area contributed by atoms with Crippen molar-refractivity contribution in [2.24, 2.45) is 5.92 Å². The molecule has 0 radical (unpaired) electrons. The fourth-order valence-electron chi connectivity index (χ4n) is 2.93. The van der Waals surface area contributed by atoms with E-state index in [0.29, 0.717) is 19.2 Å². The van der Waals surface area contributed by atoms with Gasteiger partial charge in [-0.15, -0.1) is 0 Å². The molecule has 0 amide bonds. The number of aliphatic hydroxyl groups excluding tert-OH is 1. The van der Waals surface area contributed by atoms with Crippen LogP contribution in [0.15, 0.2) is 0 Å². The van der Waals surface area contributed by atoms with E-state index in [0.717, 1.165) is 19.0 Å². The number of aliphatic hydroxyl groups is 1. The van der Waals surface area contributed by atoms with Crippen LogP contribution in [0, 0.1) is 5.92 Å². The van der Waals surface area contributed by atoms with Crippen molar-refractivity contribution < 1.29 is 9.84 Å². The lowest BCUT2D eigenvalue weighted by Crippen LogP contribution is -2.41. The third-order valence-corrected chi connectivity index (χ3v) is 3.74. The summed E-state index contributed by atoms with van der Waals surface area (Å²) in [5.41, 5.74) is 0. The molecule has 3 atom stereocenters. The van der Waals surface area contributed by atoms with E-state index in [4.69, 9.17) is 4.74 Å². The highest BCUT2D eigenvalue weighted by atomic mass is 16.5. The van der Waals surface area contributed by atoms with Crippen LogP contribution < -0.4 is 5.32 Å². The summed E-state index contributed by atoms with van der Waals surface area (Å²) in [6, 6.07) is 0.673. The van der Waals surface area contributed by atoms with Crippen molar-refractivity contribution in [1.82, 2.24) is 10.2 Å². The highest BCUT2D eigenvalue weighted by Crippen LogP contribution is 2.26. The molecule has 2 N–H and O–H groups in total. The van der Waals surface area contributed by atoms with Crippen molar-refractivity contribution in [3.8, 4) is 0 Å². The Bertz CT molecular complexity index is 214. The van der Waals surface area contributed by atoms with E-state index in [1.807, 2.05) is 0 Å². The number of likely N-dealkylation sites (N-methyl/N-ethyl adjacent to an activating group) is 1. The average molecular weight is 258 g/mol. The second-order valence-electron chi connectivity index (χ2n) is 5.58. The maximum absolute atomic E-state index is 9.72. The van der Waals surface area contributed by atoms with E-state index in [-0.39, 0.29) is 6.10 Å². The highest BCUT2D eigenvalue weighted by Gasteiger charge is 2.27. The first-order valence-corrected chi connectivity index (χ1v) is 7.26. The van der Waals surface area contributed by atoms with Crippen LogP contribution in [0.4, 0.5) is 0 Å². The highest BCUT2D eigenvalue weighted by molar-refractivity contribution is 4.85. The summed E-state index contributed by atoms with van der Waals surface area (Å²) in [5, 5.41) is 13.4. The normalized spacial score (nSPS) is 25.8. The van der Waals surface area contributed by atoms with Crippen molar-refractivity contribution in [3.05, 3.63) is 0 Å². The maximum Gasteiger partial charge on any atom is 0.0899 e. The minimum Gasteiger partial charge on any atom is -0.389 e. The number of hydrogen-bond acceptors (Lipinski definition) is 4. The smallest absolute Gasteiger partial charge is 0.0899 e. The fourth-order valence-corrected chi connectivity index (χ4v) is 2.93. The van der Waals surface area contributed by atoms with Gasteiger partial charge < -0.3 is 20.1 Å². The van der Waals surface area contributed by atoms with Crippen molar-refractivity contribution in [2.75, 3.05) is 40.4 Å². The number of nitrogens with one attached hydrogen (secondary N) is 1. The zero-order valence-corrected chi connectivity index (χ0v) is 12.2. The Hall–Kier alpha value is -0.160. The molecule has 0 spiro atoms. The molecule has 1 aliphatic rings. The van der Waals surface area contributed by atoms with Gasteiger partial charge in [0.25, 0.3) is 0 Å². The average Bonchev–Trinajstić information content (AvgIpc) is 2.73. The Balaban J connectivity index is 2.26. The molecule has 1 saturated carbocycles. The Morgan fingerprint density at radius 3 is 2.89 bits per heavy atom. The molecule has 1 aliphatic carbocycles. The zero-order chi connectivity index (χ0) is 13.4. The third kappa shape index (κ3) is 5.65. The summed E-state index contributed by atoms with van der Waals surface area (Å²) in [7, 11) is 3.72. The van der Waals surface area contributed by atoms with Crippen LogP contribution in [0.2, 0.25) is 0 Å². The molecule has 0 bridgehead atoms. The first-order chi connectivity index (χ1) is 8.67. The molecule has 0 aromatic rings. The summed E-state index contributed by atoms with van der Waals surface area (Å²) in [5.74, 6) is 0.733. The number of rotatable bonds is 9. The third-order valence-electron chi connectivity index (χ3n) is 3.74. The van der Waals surface area contributed by atoms with Crippen LogP contribution in [0.25, 0.3) is 0 Å². The van der Waals surface area contributed by atoms with Crippen molar-refractivity contribution in [2.45, 2.75) is 44.8 Å². The topological polar surface area (TPSA) is 44.7 Å². The summed E-state index contributed by atoms with van der Waals surface area (Å²) in [4.78, 5) is 2.24. The molecule has 18 heavy (non-hydrogen) atoms. The lowest BCUT2D eigenvalue weighted by Gasteiger charge is -2.27. The standard InChI is InChI=1S/C14H30N2O2/c1-4-8-15-14-7-5-6-12(14)9-16(2)10-13(17)11-18-3/h12-15,17H,4-11H2,1-3H3. The van der Waals surface area contributed by atoms with Gasteiger partial charge in [-0.2, -0.15) is 0 Å². The Morgan fingerprint density at radius 1 is 1.44 bits per heavy atom. The van der Waals surface area contributed by atoms with E-state index in [1.54, 1.807) is 7.11 Å². The van der Waals surface area contributed by atoms with Gasteiger partial charge in [-0.3, -0.25) is 0 Å². The number of ether oxygens (including phenoxy) is 1. The monoisotopic (exact) mass is 258 g/mol. The first-order valence-electron chi connectivity index (χ1n) is 7.26. The van der Waals surface area contributed by atoms with E-state index in [2.05, 4.69) is 24.2 Å². The lowest BCUT2D eigenvalue weighted by atomic mass is 10.0. The lowest BCUT2D eigenvalue weighted by molar-refractivity contribution is 0.0397. The van der Waals surface area contributed by atoms with Gasteiger partial charge in [0, 0.05) is 26.2 Å². The molecular formula is C14H30N2O2. The van der Waals surface area contributed by atoms with Crippen LogP contribution in [-0.4, -0.2) is 62.6 Å². The second-order valence-corrected chi connectivity index (χ2v) is 5.58. The van der Waals surface area contributed by atoms with Crippen molar-refractivity contribution >= 4 is 0 Å². The van der Waals surface area contributed by atoms with Crippen LogP contribution in [0.3, 0.4) is 0 Å². The van der Waals surface area contributed by atoms with Gasteiger partial charge in [0.1, 0.15) is 0 Å². The van der Waals surface area contributed by atoms with Gasteiger partial charge in [0.05, 0.1) is 12.7 Å². The van der Waals surface area contributed by atoms with Crippen molar-refractivity contribution in [1.29, 1.82) is 0 Å². The molecular weight excluding hydrogens is 228 g/mol. The van der Waals surface area contributed by atoms with Gasteiger partial charge in [-0.1, -0.05) is 13.3 Å². The maximum atomic E-state index is 9.72. The summed E-state index contributed by atoms with van der Waals surface area (Å²) >= 11 is 0. The molecule has 108 valence electrons. The molecule has 4 nitrogen and oxygen atoms in total. The fraction of sp³-hybridized carbons (Fsp3) is 1.00. The molecule has 0 aliphatic heterocycles. The van der Waals surface area contributed by atoms with Gasteiger partial charge in [-0.25, -0.2) is 0 Å². The minimum atomic E-state index is -0.372. The van der Waals surface area contributed by atoms with Gasteiger partial charge >= 0.3 is 0 Å². The zero-order valence-electron chi connectivity index (χ0n) is 12.2. The molecule has 1 fully saturated rings. The summed E-state index contributed by atoms with van der Waals surface area (Å²) in [6.45, 7) is 5.53. The molecule has 0 saturated heterocycles. The van der Waals surface area contributed by atoms with Crippen LogP contribution in [0.1, 0.15) is 32.6 Å². The first kappa shape index (κ1) is 15.9. The Kier molecular flexibility index (Phi) is 7.82. The van der Waals surface area contributed by atoms with Gasteiger partial charge in [0.15, 0.2) is 0 Å². The number of methoxy groups -OCH3 is 1. The van der Waals surface area contributed by atoms with E-state index in [9.17, 15) is 5.11 Å². The minimum absolute atomic E-state index is 0.372. The van der Waals surface area contributed by atoms with Gasteiger partial charge in [0.2, 0.25) is 0 Å².